The van der Waals surface area contributed by atoms with Gasteiger partial charge in [0.25, 0.3) is 0 Å². The molecule has 0 aliphatic carbocycles. The summed E-state index contributed by atoms with van der Waals surface area (Å²) in [4.78, 5) is 22.4. The molecule has 0 spiro atoms. The number of carboxylic acids is 1. The molecule has 1 heterocycles. The van der Waals surface area contributed by atoms with Crippen LogP contribution in [0.5, 0.6) is 0 Å². The summed E-state index contributed by atoms with van der Waals surface area (Å²) in [6.07, 6.45) is 2.38. The third-order valence-electron chi connectivity index (χ3n) is 2.82. The van der Waals surface area contributed by atoms with E-state index in [1.807, 2.05) is 13.8 Å². The van der Waals surface area contributed by atoms with Gasteiger partial charge in [-0.05, 0) is 30.4 Å². The maximum absolute atomic E-state index is 11.6. The van der Waals surface area contributed by atoms with Crippen LogP contribution in [0.4, 0.5) is 4.79 Å². The van der Waals surface area contributed by atoms with Gasteiger partial charge in [-0.2, -0.15) is 0 Å². The van der Waals surface area contributed by atoms with Gasteiger partial charge in [0, 0.05) is 13.0 Å². The molecule has 2 amide bonds. The van der Waals surface area contributed by atoms with Gasteiger partial charge in [-0.1, -0.05) is 13.8 Å². The van der Waals surface area contributed by atoms with Crippen molar-refractivity contribution in [3.63, 3.8) is 0 Å². The molecule has 0 fully saturated rings. The Morgan fingerprint density at radius 1 is 1.35 bits per heavy atom. The summed E-state index contributed by atoms with van der Waals surface area (Å²) in [5.74, 6) is 0.173. The first-order chi connectivity index (χ1) is 9.47. The van der Waals surface area contributed by atoms with Gasteiger partial charge >= 0.3 is 12.0 Å². The normalized spacial score (nSPS) is 12.2. The fourth-order valence-electron chi connectivity index (χ4n) is 2.03. The van der Waals surface area contributed by atoms with E-state index in [4.69, 9.17) is 9.52 Å². The van der Waals surface area contributed by atoms with Crippen LogP contribution in [-0.4, -0.2) is 23.7 Å². The van der Waals surface area contributed by atoms with Crippen LogP contribution in [0.3, 0.4) is 0 Å². The Bertz CT molecular complexity index is 415. The van der Waals surface area contributed by atoms with Crippen LogP contribution < -0.4 is 10.6 Å². The molecule has 6 heteroatoms. The van der Waals surface area contributed by atoms with Crippen molar-refractivity contribution < 1.29 is 19.1 Å². The van der Waals surface area contributed by atoms with E-state index in [1.54, 1.807) is 18.4 Å². The highest BCUT2D eigenvalue weighted by atomic mass is 16.4. The molecule has 3 N–H and O–H groups in total. The fourth-order valence-corrected chi connectivity index (χ4v) is 2.03. The van der Waals surface area contributed by atoms with E-state index in [0.717, 1.165) is 6.42 Å². The number of carbonyl (C=O) groups is 2. The van der Waals surface area contributed by atoms with Crippen LogP contribution in [0.15, 0.2) is 22.8 Å². The van der Waals surface area contributed by atoms with Crippen LogP contribution in [0.1, 0.15) is 32.4 Å². The van der Waals surface area contributed by atoms with Crippen molar-refractivity contribution in [2.45, 2.75) is 33.2 Å². The monoisotopic (exact) mass is 282 g/mol. The van der Waals surface area contributed by atoms with Crippen molar-refractivity contribution in [2.24, 2.45) is 11.8 Å². The maximum Gasteiger partial charge on any atom is 0.315 e. The van der Waals surface area contributed by atoms with Crippen LogP contribution in [-0.2, 0) is 11.3 Å². The van der Waals surface area contributed by atoms with Gasteiger partial charge in [-0.15, -0.1) is 0 Å². The third kappa shape index (κ3) is 6.82. The van der Waals surface area contributed by atoms with Crippen LogP contribution in [0.25, 0.3) is 0 Å². The number of rotatable bonds is 8. The highest BCUT2D eigenvalue weighted by Crippen LogP contribution is 2.14. The Kier molecular flexibility index (Phi) is 6.63. The summed E-state index contributed by atoms with van der Waals surface area (Å²) >= 11 is 0. The Morgan fingerprint density at radius 3 is 2.65 bits per heavy atom. The zero-order valence-corrected chi connectivity index (χ0v) is 11.9. The first-order valence-corrected chi connectivity index (χ1v) is 6.73. The molecule has 20 heavy (non-hydrogen) atoms. The summed E-state index contributed by atoms with van der Waals surface area (Å²) in [5.41, 5.74) is 0. The van der Waals surface area contributed by atoms with Crippen molar-refractivity contribution in [3.8, 4) is 0 Å². The molecule has 0 saturated heterocycles. The average Bonchev–Trinajstić information content (AvgIpc) is 2.85. The highest BCUT2D eigenvalue weighted by Gasteiger charge is 2.16. The van der Waals surface area contributed by atoms with Crippen LogP contribution in [0.2, 0.25) is 0 Å². The minimum absolute atomic E-state index is 0.0538. The quantitative estimate of drug-likeness (QED) is 0.681. The molecule has 1 aromatic rings. The number of amides is 2. The second-order valence-corrected chi connectivity index (χ2v) is 5.24. The van der Waals surface area contributed by atoms with E-state index in [1.165, 1.54) is 0 Å². The molecule has 1 atom stereocenters. The Balaban J connectivity index is 2.30. The van der Waals surface area contributed by atoms with E-state index in [2.05, 4.69) is 10.6 Å². The van der Waals surface area contributed by atoms with Crippen molar-refractivity contribution in [2.75, 3.05) is 6.54 Å². The number of furan rings is 1. The first-order valence-electron chi connectivity index (χ1n) is 6.73. The molecule has 1 rings (SSSR count). The number of carboxylic acid groups (broad SMARTS) is 1. The SMILES string of the molecule is CC(C)CC(CNC(=O)NCc1ccco1)CC(=O)O. The lowest BCUT2D eigenvalue weighted by Crippen LogP contribution is -2.38. The minimum atomic E-state index is -0.839. The number of hydrogen-bond donors (Lipinski definition) is 3. The molecule has 1 unspecified atom stereocenters. The molecule has 112 valence electrons. The highest BCUT2D eigenvalue weighted by molar-refractivity contribution is 5.73. The smallest absolute Gasteiger partial charge is 0.315 e. The van der Waals surface area contributed by atoms with Crippen molar-refractivity contribution in [1.29, 1.82) is 0 Å². The average molecular weight is 282 g/mol. The van der Waals surface area contributed by atoms with E-state index in [-0.39, 0.29) is 18.4 Å². The molecule has 0 radical (unpaired) electrons. The number of carbonyl (C=O) groups excluding carboxylic acids is 1. The largest absolute Gasteiger partial charge is 0.481 e. The van der Waals surface area contributed by atoms with Gasteiger partial charge in [0.05, 0.1) is 12.8 Å². The topological polar surface area (TPSA) is 91.6 Å². The number of nitrogens with one attached hydrogen (secondary N) is 2. The van der Waals surface area contributed by atoms with Gasteiger partial charge in [0.2, 0.25) is 0 Å². The maximum atomic E-state index is 11.6. The molecule has 0 aromatic carbocycles. The van der Waals surface area contributed by atoms with Gasteiger partial charge in [-0.25, -0.2) is 4.79 Å². The van der Waals surface area contributed by atoms with Crippen molar-refractivity contribution in [1.82, 2.24) is 10.6 Å². The van der Waals surface area contributed by atoms with E-state index in [9.17, 15) is 9.59 Å². The number of urea groups is 1. The zero-order chi connectivity index (χ0) is 15.0. The van der Waals surface area contributed by atoms with Gasteiger partial charge < -0.3 is 20.2 Å². The number of hydrogen-bond acceptors (Lipinski definition) is 3. The summed E-state index contributed by atoms with van der Waals surface area (Å²) in [7, 11) is 0. The lowest BCUT2D eigenvalue weighted by Gasteiger charge is -2.17. The summed E-state index contributed by atoms with van der Waals surface area (Å²) in [6.45, 7) is 4.73. The molecule has 0 aliphatic heterocycles. The lowest BCUT2D eigenvalue weighted by atomic mass is 9.94. The molecule has 1 aromatic heterocycles. The predicted molar refractivity (Wildman–Crippen MR) is 74.1 cm³/mol. The first kappa shape index (κ1) is 16.1. The fraction of sp³-hybridized carbons (Fsp3) is 0.571. The van der Waals surface area contributed by atoms with Crippen LogP contribution in [0, 0.1) is 11.8 Å². The Labute approximate surface area is 118 Å². The second-order valence-electron chi connectivity index (χ2n) is 5.24. The molecule has 6 nitrogen and oxygen atoms in total. The minimum Gasteiger partial charge on any atom is -0.481 e. The molecular formula is C14H22N2O4. The van der Waals surface area contributed by atoms with Crippen LogP contribution >= 0.6 is 0 Å². The zero-order valence-electron chi connectivity index (χ0n) is 11.9. The van der Waals surface area contributed by atoms with E-state index < -0.39 is 5.97 Å². The van der Waals surface area contributed by atoms with E-state index >= 15 is 0 Å². The molecular weight excluding hydrogens is 260 g/mol. The van der Waals surface area contributed by atoms with Crippen molar-refractivity contribution in [3.05, 3.63) is 24.2 Å². The molecule has 0 saturated carbocycles. The third-order valence-corrected chi connectivity index (χ3v) is 2.82. The summed E-state index contributed by atoms with van der Waals surface area (Å²) in [6, 6.07) is 3.20. The summed E-state index contributed by atoms with van der Waals surface area (Å²) < 4.78 is 5.09. The van der Waals surface area contributed by atoms with Gasteiger partial charge in [-0.3, -0.25) is 4.79 Å². The standard InChI is InChI=1S/C14H22N2O4/c1-10(2)6-11(7-13(17)18)8-15-14(19)16-9-12-4-3-5-20-12/h3-5,10-11H,6-9H2,1-2H3,(H,17,18)(H2,15,16,19). The summed E-state index contributed by atoms with van der Waals surface area (Å²) in [5, 5.41) is 14.2. The van der Waals surface area contributed by atoms with Gasteiger partial charge in [0.1, 0.15) is 5.76 Å². The van der Waals surface area contributed by atoms with Gasteiger partial charge in [0.15, 0.2) is 0 Å². The lowest BCUT2D eigenvalue weighted by molar-refractivity contribution is -0.138. The Morgan fingerprint density at radius 2 is 2.10 bits per heavy atom. The van der Waals surface area contributed by atoms with Crippen molar-refractivity contribution >= 4 is 12.0 Å². The second kappa shape index (κ2) is 8.24. The molecule has 0 aliphatic rings. The predicted octanol–water partition coefficient (Wildman–Crippen LogP) is 2.22. The van der Waals surface area contributed by atoms with E-state index in [0.29, 0.717) is 24.8 Å². The molecule has 0 bridgehead atoms. The Hall–Kier alpha value is -1.98. The number of aliphatic carboxylic acids is 1.